The van der Waals surface area contributed by atoms with Crippen molar-refractivity contribution in [2.75, 3.05) is 10.8 Å². The summed E-state index contributed by atoms with van der Waals surface area (Å²) in [5.74, 6) is 0. The maximum atomic E-state index is 12.8. The van der Waals surface area contributed by atoms with Gasteiger partial charge in [-0.3, -0.25) is 9.29 Å². The lowest BCUT2D eigenvalue weighted by Gasteiger charge is -2.23. The molecule has 0 aliphatic heterocycles. The number of hydrogen-bond donors (Lipinski definition) is 1. The molecule has 0 saturated heterocycles. The SMILES string of the molecule is CCN(c1ccncc1)S(=O)(=O)c1ccccc1CN. The van der Waals surface area contributed by atoms with E-state index >= 15 is 0 Å². The van der Waals surface area contributed by atoms with Crippen LogP contribution in [0.1, 0.15) is 12.5 Å². The number of benzene rings is 1. The van der Waals surface area contributed by atoms with Gasteiger partial charge in [0, 0.05) is 25.5 Å². The average molecular weight is 291 g/mol. The van der Waals surface area contributed by atoms with Gasteiger partial charge in [-0.15, -0.1) is 0 Å². The first-order chi connectivity index (χ1) is 9.61. The third-order valence-electron chi connectivity index (χ3n) is 3.00. The van der Waals surface area contributed by atoms with Crippen LogP contribution < -0.4 is 10.0 Å². The number of sulfonamides is 1. The molecule has 0 radical (unpaired) electrons. The third-order valence-corrected chi connectivity index (χ3v) is 5.00. The summed E-state index contributed by atoms with van der Waals surface area (Å²) in [6.07, 6.45) is 3.14. The van der Waals surface area contributed by atoms with Gasteiger partial charge in [0.25, 0.3) is 10.0 Å². The van der Waals surface area contributed by atoms with E-state index in [-0.39, 0.29) is 11.4 Å². The van der Waals surface area contributed by atoms with E-state index in [1.54, 1.807) is 55.7 Å². The van der Waals surface area contributed by atoms with Crippen molar-refractivity contribution in [3.05, 3.63) is 54.4 Å². The quantitative estimate of drug-likeness (QED) is 0.910. The molecule has 1 heterocycles. The first kappa shape index (κ1) is 14.5. The molecule has 0 spiro atoms. The van der Waals surface area contributed by atoms with Crippen molar-refractivity contribution in [3.63, 3.8) is 0 Å². The van der Waals surface area contributed by atoms with Crippen LogP contribution in [0, 0.1) is 0 Å². The molecule has 0 unspecified atom stereocenters. The van der Waals surface area contributed by atoms with Crippen LogP contribution in [0.15, 0.2) is 53.7 Å². The van der Waals surface area contributed by atoms with Gasteiger partial charge in [0.05, 0.1) is 10.6 Å². The van der Waals surface area contributed by atoms with E-state index in [0.717, 1.165) is 0 Å². The summed E-state index contributed by atoms with van der Waals surface area (Å²) >= 11 is 0. The Bertz CT molecular complexity index is 672. The van der Waals surface area contributed by atoms with Crippen LogP contribution in [0.25, 0.3) is 0 Å². The number of hydrogen-bond acceptors (Lipinski definition) is 4. The summed E-state index contributed by atoms with van der Waals surface area (Å²) in [6.45, 7) is 2.32. The van der Waals surface area contributed by atoms with Crippen LogP contribution in [0.4, 0.5) is 5.69 Å². The van der Waals surface area contributed by atoms with E-state index in [0.29, 0.717) is 17.8 Å². The van der Waals surface area contributed by atoms with E-state index < -0.39 is 10.0 Å². The van der Waals surface area contributed by atoms with Crippen LogP contribution in [0.2, 0.25) is 0 Å². The van der Waals surface area contributed by atoms with E-state index in [9.17, 15) is 8.42 Å². The lowest BCUT2D eigenvalue weighted by atomic mass is 10.2. The van der Waals surface area contributed by atoms with Gasteiger partial charge in [0.2, 0.25) is 0 Å². The van der Waals surface area contributed by atoms with Crippen molar-refractivity contribution in [1.29, 1.82) is 0 Å². The Morgan fingerprint density at radius 2 is 1.80 bits per heavy atom. The lowest BCUT2D eigenvalue weighted by Crippen LogP contribution is -2.31. The molecule has 5 nitrogen and oxygen atoms in total. The predicted molar refractivity (Wildman–Crippen MR) is 78.8 cm³/mol. The molecule has 2 rings (SSSR count). The molecule has 0 amide bonds. The van der Waals surface area contributed by atoms with Gasteiger partial charge in [-0.1, -0.05) is 18.2 Å². The van der Waals surface area contributed by atoms with Crippen molar-refractivity contribution in [2.45, 2.75) is 18.4 Å². The maximum absolute atomic E-state index is 12.8. The summed E-state index contributed by atoms with van der Waals surface area (Å²) in [5, 5.41) is 0. The van der Waals surface area contributed by atoms with Gasteiger partial charge < -0.3 is 5.73 Å². The van der Waals surface area contributed by atoms with E-state index in [4.69, 9.17) is 5.73 Å². The van der Waals surface area contributed by atoms with Gasteiger partial charge in [-0.25, -0.2) is 8.42 Å². The normalized spacial score (nSPS) is 11.3. The Hall–Kier alpha value is -1.92. The Kier molecular flexibility index (Phi) is 4.36. The summed E-state index contributed by atoms with van der Waals surface area (Å²) in [5.41, 5.74) is 6.84. The second kappa shape index (κ2) is 6.02. The zero-order valence-corrected chi connectivity index (χ0v) is 12.0. The van der Waals surface area contributed by atoms with Crippen molar-refractivity contribution in [3.8, 4) is 0 Å². The lowest BCUT2D eigenvalue weighted by molar-refractivity contribution is 0.590. The topological polar surface area (TPSA) is 76.3 Å². The van der Waals surface area contributed by atoms with Gasteiger partial charge in [-0.2, -0.15) is 0 Å². The fourth-order valence-corrected chi connectivity index (χ4v) is 3.75. The highest BCUT2D eigenvalue weighted by molar-refractivity contribution is 7.92. The monoisotopic (exact) mass is 291 g/mol. The minimum atomic E-state index is -3.62. The minimum Gasteiger partial charge on any atom is -0.326 e. The number of pyridine rings is 1. The van der Waals surface area contributed by atoms with Crippen LogP contribution >= 0.6 is 0 Å². The number of anilines is 1. The smallest absolute Gasteiger partial charge is 0.264 e. The number of rotatable bonds is 5. The molecule has 0 saturated carbocycles. The Labute approximate surface area is 119 Å². The zero-order valence-electron chi connectivity index (χ0n) is 11.2. The first-order valence-corrected chi connectivity index (χ1v) is 7.76. The minimum absolute atomic E-state index is 0.184. The standard InChI is InChI=1S/C14H17N3O2S/c1-2-17(13-7-9-16-10-8-13)20(18,19)14-6-4-3-5-12(14)11-15/h3-10H,2,11,15H2,1H3. The first-order valence-electron chi connectivity index (χ1n) is 6.32. The second-order valence-corrected chi connectivity index (χ2v) is 6.02. The summed E-state index contributed by atoms with van der Waals surface area (Å²) in [7, 11) is -3.62. The molecule has 6 heteroatoms. The van der Waals surface area contributed by atoms with Crippen LogP contribution in [0.3, 0.4) is 0 Å². The maximum Gasteiger partial charge on any atom is 0.264 e. The van der Waals surface area contributed by atoms with Gasteiger partial charge in [-0.05, 0) is 30.7 Å². The third kappa shape index (κ3) is 2.66. The van der Waals surface area contributed by atoms with Crippen molar-refractivity contribution >= 4 is 15.7 Å². The van der Waals surface area contributed by atoms with Crippen LogP contribution in [0.5, 0.6) is 0 Å². The van der Waals surface area contributed by atoms with Gasteiger partial charge in [0.1, 0.15) is 0 Å². The van der Waals surface area contributed by atoms with E-state index in [1.807, 2.05) is 0 Å². The van der Waals surface area contributed by atoms with Crippen molar-refractivity contribution in [2.24, 2.45) is 5.73 Å². The molecule has 0 aliphatic rings. The molecule has 0 atom stereocenters. The average Bonchev–Trinajstić information content (AvgIpc) is 2.48. The number of nitrogens with two attached hydrogens (primary N) is 1. The van der Waals surface area contributed by atoms with Gasteiger partial charge >= 0.3 is 0 Å². The van der Waals surface area contributed by atoms with Gasteiger partial charge in [0.15, 0.2) is 0 Å². The zero-order chi connectivity index (χ0) is 14.6. The highest BCUT2D eigenvalue weighted by atomic mass is 32.2. The second-order valence-electron chi connectivity index (χ2n) is 4.19. The number of aromatic nitrogens is 1. The Balaban J connectivity index is 2.53. The molecule has 0 aliphatic carbocycles. The van der Waals surface area contributed by atoms with E-state index in [2.05, 4.69) is 4.98 Å². The molecule has 2 N–H and O–H groups in total. The van der Waals surface area contributed by atoms with Crippen molar-refractivity contribution in [1.82, 2.24) is 4.98 Å². The highest BCUT2D eigenvalue weighted by Crippen LogP contribution is 2.24. The molecule has 0 bridgehead atoms. The molecule has 1 aromatic heterocycles. The Morgan fingerprint density at radius 3 is 2.40 bits per heavy atom. The van der Waals surface area contributed by atoms with Crippen LogP contribution in [-0.4, -0.2) is 19.9 Å². The number of nitrogens with zero attached hydrogens (tertiary/aromatic N) is 2. The summed E-state index contributed by atoms with van der Waals surface area (Å²) in [4.78, 5) is 4.16. The molecule has 106 valence electrons. The van der Waals surface area contributed by atoms with E-state index in [1.165, 1.54) is 4.31 Å². The Morgan fingerprint density at radius 1 is 1.15 bits per heavy atom. The molecule has 1 aromatic carbocycles. The van der Waals surface area contributed by atoms with Crippen LogP contribution in [-0.2, 0) is 16.6 Å². The fraction of sp³-hybridized carbons (Fsp3) is 0.214. The fourth-order valence-electron chi connectivity index (χ4n) is 2.04. The molecule has 20 heavy (non-hydrogen) atoms. The molecular weight excluding hydrogens is 274 g/mol. The summed E-state index contributed by atoms with van der Waals surface area (Å²) in [6, 6.07) is 10.1. The highest BCUT2D eigenvalue weighted by Gasteiger charge is 2.25. The van der Waals surface area contributed by atoms with Crippen molar-refractivity contribution < 1.29 is 8.42 Å². The molecule has 0 fully saturated rings. The molecule has 2 aromatic rings. The summed E-state index contributed by atoms with van der Waals surface area (Å²) < 4.78 is 26.9. The largest absolute Gasteiger partial charge is 0.326 e. The predicted octanol–water partition coefficient (Wildman–Crippen LogP) is 1.76. The molecular formula is C14H17N3O2S.